The molecule has 0 nitrogen and oxygen atoms in total. The Morgan fingerprint density at radius 1 is 0.196 bits per heavy atom. The van der Waals surface area contributed by atoms with Crippen LogP contribution in [0.2, 0.25) is 0 Å². The lowest BCUT2D eigenvalue weighted by Gasteiger charge is -2.11. The summed E-state index contributed by atoms with van der Waals surface area (Å²) in [5.41, 5.74) is 0. The number of rotatable bonds is 42. The zero-order valence-electron chi connectivity index (χ0n) is 33.3. The van der Waals surface area contributed by atoms with Crippen molar-refractivity contribution in [2.45, 2.75) is 290 Å². The highest BCUT2D eigenvalue weighted by Gasteiger charge is 2.03. The van der Waals surface area contributed by atoms with Gasteiger partial charge < -0.3 is 0 Å². The Kier molecular flexibility index (Phi) is 43.0. The fourth-order valence-corrected chi connectivity index (χ4v) is 7.64. The largest absolute Gasteiger partial charge is 0.0654 e. The van der Waals surface area contributed by atoms with Crippen molar-refractivity contribution < 1.29 is 0 Å². The van der Waals surface area contributed by atoms with E-state index in [1.165, 1.54) is 270 Å². The SMILES string of the molecule is CCCCCCCCCCCCCCCCCCCCCCCC(C)CCCCCCCCCCCCCCCCCCCCC. The molecule has 0 amide bonds. The molecule has 1 unspecified atom stereocenters. The quantitative estimate of drug-likeness (QED) is 0.0579. The minimum atomic E-state index is 0.964. The van der Waals surface area contributed by atoms with Crippen molar-refractivity contribution in [2.75, 3.05) is 0 Å². The van der Waals surface area contributed by atoms with Crippen LogP contribution in [0.4, 0.5) is 0 Å². The van der Waals surface area contributed by atoms with Crippen LogP contribution in [0.3, 0.4) is 0 Å². The predicted molar refractivity (Wildman–Crippen MR) is 214 cm³/mol. The fraction of sp³-hybridized carbons (Fsp3) is 1.00. The summed E-state index contributed by atoms with van der Waals surface area (Å²) in [4.78, 5) is 0. The standard InChI is InChI=1S/C46H94/c1-4-6-8-10-12-14-16-18-20-22-24-25-27-29-31-33-35-37-39-41-43-45-46(3)44-42-40-38-36-34-32-30-28-26-23-21-19-17-15-13-11-9-7-5-2/h46H,4-45H2,1-3H3. The highest BCUT2D eigenvalue weighted by atomic mass is 14.1. The molecule has 46 heavy (non-hydrogen) atoms. The Balaban J connectivity index is 3.13. The van der Waals surface area contributed by atoms with Gasteiger partial charge in [-0.05, 0) is 5.92 Å². The minimum Gasteiger partial charge on any atom is -0.0654 e. The van der Waals surface area contributed by atoms with E-state index >= 15 is 0 Å². The maximum atomic E-state index is 2.52. The average Bonchev–Trinajstić information content (AvgIpc) is 3.06. The third-order valence-corrected chi connectivity index (χ3v) is 11.1. The summed E-state index contributed by atoms with van der Waals surface area (Å²) in [5, 5.41) is 0. The summed E-state index contributed by atoms with van der Waals surface area (Å²) < 4.78 is 0. The van der Waals surface area contributed by atoms with E-state index in [2.05, 4.69) is 20.8 Å². The lowest BCUT2D eigenvalue weighted by atomic mass is 9.95. The molecule has 0 heteroatoms. The van der Waals surface area contributed by atoms with Crippen molar-refractivity contribution in [3.8, 4) is 0 Å². The van der Waals surface area contributed by atoms with E-state index in [0.717, 1.165) is 5.92 Å². The van der Waals surface area contributed by atoms with Crippen LogP contribution < -0.4 is 0 Å². The lowest BCUT2D eigenvalue weighted by molar-refractivity contribution is 0.429. The maximum absolute atomic E-state index is 2.52. The lowest BCUT2D eigenvalue weighted by Crippen LogP contribution is -1.95. The normalized spacial score (nSPS) is 12.3. The zero-order chi connectivity index (χ0) is 33.3. The van der Waals surface area contributed by atoms with Crippen molar-refractivity contribution in [1.29, 1.82) is 0 Å². The van der Waals surface area contributed by atoms with Gasteiger partial charge in [-0.3, -0.25) is 0 Å². The second-order valence-electron chi connectivity index (χ2n) is 16.1. The van der Waals surface area contributed by atoms with Gasteiger partial charge in [-0.1, -0.05) is 290 Å². The van der Waals surface area contributed by atoms with Gasteiger partial charge in [0, 0.05) is 0 Å². The van der Waals surface area contributed by atoms with Crippen LogP contribution in [0, 0.1) is 5.92 Å². The van der Waals surface area contributed by atoms with E-state index in [1.807, 2.05) is 0 Å². The van der Waals surface area contributed by atoms with Crippen LogP contribution in [0.25, 0.3) is 0 Å². The molecular weight excluding hydrogens is 553 g/mol. The monoisotopic (exact) mass is 647 g/mol. The molecule has 0 saturated carbocycles. The van der Waals surface area contributed by atoms with E-state index in [9.17, 15) is 0 Å². The molecule has 0 saturated heterocycles. The minimum absolute atomic E-state index is 0.964. The summed E-state index contributed by atoms with van der Waals surface area (Å²) in [6, 6.07) is 0. The van der Waals surface area contributed by atoms with Gasteiger partial charge in [0.2, 0.25) is 0 Å². The molecular formula is C46H94. The molecule has 1 atom stereocenters. The van der Waals surface area contributed by atoms with E-state index in [0.29, 0.717) is 0 Å². The van der Waals surface area contributed by atoms with E-state index in [-0.39, 0.29) is 0 Å². The maximum Gasteiger partial charge on any atom is -0.0443 e. The second kappa shape index (κ2) is 43.0. The molecule has 0 aliphatic rings. The summed E-state index contributed by atoms with van der Waals surface area (Å²) in [6.45, 7) is 7.14. The predicted octanol–water partition coefficient (Wildman–Crippen LogP) is 18.0. The van der Waals surface area contributed by atoms with Crippen molar-refractivity contribution in [3.63, 3.8) is 0 Å². The van der Waals surface area contributed by atoms with Gasteiger partial charge in [0.05, 0.1) is 0 Å². The molecule has 0 N–H and O–H groups in total. The van der Waals surface area contributed by atoms with Gasteiger partial charge >= 0.3 is 0 Å². The van der Waals surface area contributed by atoms with Crippen LogP contribution in [0.5, 0.6) is 0 Å². The van der Waals surface area contributed by atoms with Crippen LogP contribution >= 0.6 is 0 Å². The van der Waals surface area contributed by atoms with Crippen LogP contribution in [-0.4, -0.2) is 0 Å². The molecule has 0 bridgehead atoms. The summed E-state index contributed by atoms with van der Waals surface area (Å²) in [5.74, 6) is 0.964. The number of hydrogen-bond acceptors (Lipinski definition) is 0. The highest BCUT2D eigenvalue weighted by Crippen LogP contribution is 2.20. The molecule has 0 spiro atoms. The average molecular weight is 647 g/mol. The van der Waals surface area contributed by atoms with Crippen molar-refractivity contribution in [2.24, 2.45) is 5.92 Å². The van der Waals surface area contributed by atoms with Gasteiger partial charge in [-0.15, -0.1) is 0 Å². The number of unbranched alkanes of at least 4 members (excludes halogenated alkanes) is 38. The van der Waals surface area contributed by atoms with Gasteiger partial charge in [0.25, 0.3) is 0 Å². The van der Waals surface area contributed by atoms with Crippen LogP contribution in [0.15, 0.2) is 0 Å². The molecule has 0 aromatic heterocycles. The molecule has 0 aromatic carbocycles. The van der Waals surface area contributed by atoms with Gasteiger partial charge in [0.15, 0.2) is 0 Å². The van der Waals surface area contributed by atoms with Gasteiger partial charge in [0.1, 0.15) is 0 Å². The molecule has 0 heterocycles. The van der Waals surface area contributed by atoms with E-state index < -0.39 is 0 Å². The first-order valence-electron chi connectivity index (χ1n) is 22.8. The topological polar surface area (TPSA) is 0 Å². The Morgan fingerprint density at radius 2 is 0.326 bits per heavy atom. The second-order valence-corrected chi connectivity index (χ2v) is 16.1. The summed E-state index contributed by atoms with van der Waals surface area (Å²) in [7, 11) is 0. The van der Waals surface area contributed by atoms with Crippen molar-refractivity contribution in [3.05, 3.63) is 0 Å². The molecule has 0 rings (SSSR count). The molecule has 0 aromatic rings. The Bertz CT molecular complexity index is 494. The first-order valence-corrected chi connectivity index (χ1v) is 22.8. The van der Waals surface area contributed by atoms with E-state index in [4.69, 9.17) is 0 Å². The molecule has 0 aliphatic carbocycles. The van der Waals surface area contributed by atoms with Crippen molar-refractivity contribution in [1.82, 2.24) is 0 Å². The highest BCUT2D eigenvalue weighted by molar-refractivity contribution is 4.57. The first-order chi connectivity index (χ1) is 22.8. The Morgan fingerprint density at radius 3 is 0.478 bits per heavy atom. The van der Waals surface area contributed by atoms with Gasteiger partial charge in [-0.2, -0.15) is 0 Å². The third-order valence-electron chi connectivity index (χ3n) is 11.1. The molecule has 0 fully saturated rings. The molecule has 278 valence electrons. The fourth-order valence-electron chi connectivity index (χ4n) is 7.64. The van der Waals surface area contributed by atoms with E-state index in [1.54, 1.807) is 0 Å². The van der Waals surface area contributed by atoms with Crippen molar-refractivity contribution >= 4 is 0 Å². The summed E-state index contributed by atoms with van der Waals surface area (Å²) >= 11 is 0. The molecule has 0 radical (unpaired) electrons. The van der Waals surface area contributed by atoms with Crippen LogP contribution in [0.1, 0.15) is 290 Å². The number of hydrogen-bond donors (Lipinski definition) is 0. The Hall–Kier alpha value is 0. The first kappa shape index (κ1) is 46.0. The van der Waals surface area contributed by atoms with Gasteiger partial charge in [-0.25, -0.2) is 0 Å². The zero-order valence-corrected chi connectivity index (χ0v) is 33.3. The third kappa shape index (κ3) is 42.0. The summed E-state index contributed by atoms with van der Waals surface area (Å²) in [6.07, 6.45) is 62.2. The smallest absolute Gasteiger partial charge is 0.0443 e. The Labute approximate surface area is 295 Å². The van der Waals surface area contributed by atoms with Crippen LogP contribution in [-0.2, 0) is 0 Å². The molecule has 0 aliphatic heterocycles.